The van der Waals surface area contributed by atoms with Crippen molar-refractivity contribution >= 4 is 0 Å². The van der Waals surface area contributed by atoms with Gasteiger partial charge in [-0.1, -0.05) is 25.8 Å². The van der Waals surface area contributed by atoms with Crippen LogP contribution in [-0.4, -0.2) is 24.5 Å². The van der Waals surface area contributed by atoms with E-state index in [1.807, 2.05) is 6.92 Å². The highest BCUT2D eigenvalue weighted by Gasteiger charge is 2.09. The van der Waals surface area contributed by atoms with Gasteiger partial charge >= 0.3 is 0 Å². The van der Waals surface area contributed by atoms with E-state index in [0.29, 0.717) is 0 Å². The number of allylic oxidation sites excluding steroid dienone is 1. The molecule has 1 saturated heterocycles. The molecule has 0 aromatic rings. The number of nitrogens with zero attached hydrogens (tertiary/aromatic N) is 1. The van der Waals surface area contributed by atoms with Crippen LogP contribution in [0.25, 0.3) is 0 Å². The van der Waals surface area contributed by atoms with Crippen molar-refractivity contribution < 1.29 is 0 Å². The van der Waals surface area contributed by atoms with Gasteiger partial charge in [-0.05, 0) is 45.8 Å². The lowest BCUT2D eigenvalue weighted by molar-refractivity contribution is 0.329. The van der Waals surface area contributed by atoms with Gasteiger partial charge in [-0.15, -0.1) is 6.58 Å². The fraction of sp³-hybridized carbons (Fsp3) is 0.833. The average molecular weight is 183 g/mol. The van der Waals surface area contributed by atoms with E-state index < -0.39 is 0 Å². The zero-order valence-electron chi connectivity index (χ0n) is 9.39. The lowest BCUT2D eigenvalue weighted by atomic mass is 10.2. The van der Waals surface area contributed by atoms with Gasteiger partial charge < -0.3 is 4.90 Å². The molecule has 0 atom stereocenters. The minimum Gasteiger partial charge on any atom is -0.303 e. The van der Waals surface area contributed by atoms with Crippen LogP contribution in [0.2, 0.25) is 0 Å². The molecule has 78 valence electrons. The van der Waals surface area contributed by atoms with Gasteiger partial charge in [0.15, 0.2) is 0 Å². The summed E-state index contributed by atoms with van der Waals surface area (Å²) < 4.78 is 0. The molecule has 0 bridgehead atoms. The third kappa shape index (κ3) is 8.04. The van der Waals surface area contributed by atoms with Gasteiger partial charge in [0.05, 0.1) is 0 Å². The molecule has 0 aromatic heterocycles. The number of rotatable bonds is 4. The molecule has 1 heteroatoms. The molecule has 1 aliphatic heterocycles. The molecule has 1 fully saturated rings. The van der Waals surface area contributed by atoms with E-state index >= 15 is 0 Å². The van der Waals surface area contributed by atoms with Crippen molar-refractivity contribution in [3.8, 4) is 0 Å². The van der Waals surface area contributed by atoms with E-state index in [2.05, 4.69) is 18.4 Å². The molecule has 0 spiro atoms. The third-order valence-electron chi connectivity index (χ3n) is 2.28. The summed E-state index contributed by atoms with van der Waals surface area (Å²) in [7, 11) is 0. The van der Waals surface area contributed by atoms with E-state index in [-0.39, 0.29) is 0 Å². The molecule has 1 aliphatic rings. The van der Waals surface area contributed by atoms with E-state index in [0.717, 1.165) is 0 Å². The molecule has 0 N–H and O–H groups in total. The Labute approximate surface area is 83.8 Å². The molecule has 1 heterocycles. The lowest BCUT2D eigenvalue weighted by Crippen LogP contribution is -2.20. The number of hydrogen-bond acceptors (Lipinski definition) is 1. The van der Waals surface area contributed by atoms with Crippen molar-refractivity contribution in [1.29, 1.82) is 0 Å². The minimum absolute atomic E-state index is 1.36. The summed E-state index contributed by atoms with van der Waals surface area (Å²) in [5.74, 6) is 0. The van der Waals surface area contributed by atoms with Crippen molar-refractivity contribution in [2.45, 2.75) is 46.0 Å². The predicted molar refractivity (Wildman–Crippen MR) is 61.1 cm³/mol. The zero-order valence-corrected chi connectivity index (χ0v) is 9.39. The van der Waals surface area contributed by atoms with Crippen LogP contribution in [0.3, 0.4) is 0 Å². The van der Waals surface area contributed by atoms with Crippen LogP contribution in [0, 0.1) is 0 Å². The Bertz CT molecular complexity index is 104. The van der Waals surface area contributed by atoms with Gasteiger partial charge in [0.1, 0.15) is 0 Å². The predicted octanol–water partition coefficient (Wildman–Crippen LogP) is 3.46. The van der Waals surface area contributed by atoms with Crippen LogP contribution in [-0.2, 0) is 0 Å². The van der Waals surface area contributed by atoms with Gasteiger partial charge in [-0.3, -0.25) is 0 Å². The maximum absolute atomic E-state index is 3.36. The Morgan fingerprint density at radius 1 is 1.23 bits per heavy atom. The summed E-state index contributed by atoms with van der Waals surface area (Å²) in [6.45, 7) is 11.6. The average Bonchev–Trinajstić information content (AvgIpc) is 2.59. The van der Waals surface area contributed by atoms with E-state index in [9.17, 15) is 0 Å². The fourth-order valence-electron chi connectivity index (χ4n) is 1.59. The highest BCUT2D eigenvalue weighted by molar-refractivity contribution is 4.65. The van der Waals surface area contributed by atoms with Crippen LogP contribution in [0.15, 0.2) is 12.7 Å². The number of unbranched alkanes of at least 4 members (excludes halogenated alkanes) is 2. The van der Waals surface area contributed by atoms with Crippen LogP contribution >= 0.6 is 0 Å². The standard InChI is InChI=1S/C9H19N.C3H6/c1-2-3-4-7-10-8-5-6-9-10;1-3-2/h2-9H2,1H3;3H,1H2,2H3. The first kappa shape index (κ1) is 12.7. The lowest BCUT2D eigenvalue weighted by Gasteiger charge is -2.12. The van der Waals surface area contributed by atoms with E-state index in [1.165, 1.54) is 51.7 Å². The highest BCUT2D eigenvalue weighted by Crippen LogP contribution is 2.08. The minimum atomic E-state index is 1.36. The molecule has 13 heavy (non-hydrogen) atoms. The Hall–Kier alpha value is -0.300. The molecule has 0 unspecified atom stereocenters. The first-order chi connectivity index (χ1) is 6.35. The molecule has 1 nitrogen and oxygen atoms in total. The normalized spacial score (nSPS) is 16.5. The van der Waals surface area contributed by atoms with Crippen molar-refractivity contribution in [2.75, 3.05) is 19.6 Å². The Balaban J connectivity index is 0.000000424. The largest absolute Gasteiger partial charge is 0.303 e. The number of likely N-dealkylation sites (tertiary alicyclic amines) is 1. The number of hydrogen-bond donors (Lipinski definition) is 0. The Morgan fingerprint density at radius 2 is 1.77 bits per heavy atom. The van der Waals surface area contributed by atoms with Gasteiger partial charge in [-0.25, -0.2) is 0 Å². The van der Waals surface area contributed by atoms with Crippen LogP contribution in [0.5, 0.6) is 0 Å². The Morgan fingerprint density at radius 3 is 2.23 bits per heavy atom. The summed E-state index contributed by atoms with van der Waals surface area (Å²) in [5.41, 5.74) is 0. The maximum Gasteiger partial charge on any atom is -0.00183 e. The zero-order chi connectivity index (χ0) is 9.94. The molecule has 0 radical (unpaired) electrons. The highest BCUT2D eigenvalue weighted by atomic mass is 15.1. The van der Waals surface area contributed by atoms with E-state index in [1.54, 1.807) is 6.08 Å². The Kier molecular flexibility index (Phi) is 9.56. The maximum atomic E-state index is 3.36. The second-order valence-corrected chi connectivity index (χ2v) is 3.66. The monoisotopic (exact) mass is 183 g/mol. The van der Waals surface area contributed by atoms with Crippen molar-refractivity contribution in [3.05, 3.63) is 12.7 Å². The second kappa shape index (κ2) is 9.79. The molecular weight excluding hydrogens is 158 g/mol. The van der Waals surface area contributed by atoms with Gasteiger partial charge in [0.2, 0.25) is 0 Å². The molecule has 0 saturated carbocycles. The SMILES string of the molecule is C=CC.CCCCCN1CCCC1. The fourth-order valence-corrected chi connectivity index (χ4v) is 1.59. The molecule has 0 aliphatic carbocycles. The van der Waals surface area contributed by atoms with Crippen LogP contribution < -0.4 is 0 Å². The first-order valence-corrected chi connectivity index (χ1v) is 5.64. The third-order valence-corrected chi connectivity index (χ3v) is 2.28. The van der Waals surface area contributed by atoms with Crippen molar-refractivity contribution in [1.82, 2.24) is 4.90 Å². The summed E-state index contributed by atoms with van der Waals surface area (Å²) in [6.07, 6.45) is 8.80. The first-order valence-electron chi connectivity index (χ1n) is 5.64. The summed E-state index contributed by atoms with van der Waals surface area (Å²) in [4.78, 5) is 2.59. The second-order valence-electron chi connectivity index (χ2n) is 3.66. The van der Waals surface area contributed by atoms with Crippen LogP contribution in [0.4, 0.5) is 0 Å². The molecule has 1 rings (SSSR count). The van der Waals surface area contributed by atoms with Crippen molar-refractivity contribution in [3.63, 3.8) is 0 Å². The summed E-state index contributed by atoms with van der Waals surface area (Å²) in [5, 5.41) is 0. The smallest absolute Gasteiger partial charge is 0.00183 e. The van der Waals surface area contributed by atoms with Gasteiger partial charge in [0.25, 0.3) is 0 Å². The van der Waals surface area contributed by atoms with Gasteiger partial charge in [-0.2, -0.15) is 0 Å². The molecule has 0 aromatic carbocycles. The quantitative estimate of drug-likeness (QED) is 0.476. The summed E-state index contributed by atoms with van der Waals surface area (Å²) in [6, 6.07) is 0. The van der Waals surface area contributed by atoms with Crippen LogP contribution in [0.1, 0.15) is 46.0 Å². The van der Waals surface area contributed by atoms with E-state index in [4.69, 9.17) is 0 Å². The van der Waals surface area contributed by atoms with Gasteiger partial charge in [0, 0.05) is 0 Å². The molecular formula is C12H25N. The van der Waals surface area contributed by atoms with Crippen molar-refractivity contribution in [2.24, 2.45) is 0 Å². The molecule has 0 amide bonds. The topological polar surface area (TPSA) is 3.24 Å². The summed E-state index contributed by atoms with van der Waals surface area (Å²) >= 11 is 0.